The van der Waals surface area contributed by atoms with Crippen LogP contribution in [0.1, 0.15) is 0 Å². The van der Waals surface area contributed by atoms with Crippen molar-refractivity contribution in [3.63, 3.8) is 0 Å². The number of nitrogen functional groups attached to an aromatic ring is 1. The first kappa shape index (κ1) is 13.7. The van der Waals surface area contributed by atoms with E-state index in [-0.39, 0.29) is 0 Å². The Balaban J connectivity index is 2.21. The molecule has 0 atom stereocenters. The second kappa shape index (κ2) is 5.61. The Bertz CT molecular complexity index is 769. The minimum atomic E-state index is 0.367. The Morgan fingerprint density at radius 3 is 2.62 bits per heavy atom. The molecule has 3 aromatic rings. The number of halogens is 1. The van der Waals surface area contributed by atoms with Crippen LogP contribution in [0.15, 0.2) is 57.5 Å². The molecule has 0 amide bonds. The molecular formula is C16H13BrN2O2. The van der Waals surface area contributed by atoms with E-state index in [9.17, 15) is 0 Å². The van der Waals surface area contributed by atoms with E-state index in [0.717, 1.165) is 26.9 Å². The van der Waals surface area contributed by atoms with Crippen LogP contribution in [0.25, 0.3) is 22.5 Å². The Kier molecular flexibility index (Phi) is 3.66. The molecule has 21 heavy (non-hydrogen) atoms. The number of nitrogens with two attached hydrogens (primary N) is 1. The number of hydrogen-bond acceptors (Lipinski definition) is 4. The van der Waals surface area contributed by atoms with Gasteiger partial charge in [-0.1, -0.05) is 51.4 Å². The standard InChI is InChI=1S/C16H13BrN2O2/c1-20-11-7-8-13(17)12(9-11)15-14(16(18)19-21-15)10-5-3-2-4-6-10/h2-9H,1H3,(H2,18,19). The van der Waals surface area contributed by atoms with Gasteiger partial charge in [0.2, 0.25) is 0 Å². The van der Waals surface area contributed by atoms with Crippen molar-refractivity contribution in [2.75, 3.05) is 12.8 Å². The quantitative estimate of drug-likeness (QED) is 0.766. The van der Waals surface area contributed by atoms with E-state index in [0.29, 0.717) is 11.6 Å². The Morgan fingerprint density at radius 2 is 1.90 bits per heavy atom. The number of anilines is 1. The van der Waals surface area contributed by atoms with Gasteiger partial charge in [0.05, 0.1) is 12.7 Å². The van der Waals surface area contributed by atoms with E-state index in [1.165, 1.54) is 0 Å². The van der Waals surface area contributed by atoms with Gasteiger partial charge in [0.15, 0.2) is 11.6 Å². The normalized spacial score (nSPS) is 10.6. The molecule has 1 heterocycles. The first-order valence-corrected chi connectivity index (χ1v) is 7.14. The maximum atomic E-state index is 5.98. The Hall–Kier alpha value is -2.27. The molecule has 0 bridgehead atoms. The highest BCUT2D eigenvalue weighted by molar-refractivity contribution is 9.10. The maximum absolute atomic E-state index is 5.98. The molecule has 4 nitrogen and oxygen atoms in total. The fraction of sp³-hybridized carbons (Fsp3) is 0.0625. The summed E-state index contributed by atoms with van der Waals surface area (Å²) >= 11 is 3.53. The minimum absolute atomic E-state index is 0.367. The second-order valence-electron chi connectivity index (χ2n) is 4.48. The molecule has 5 heteroatoms. The van der Waals surface area contributed by atoms with Gasteiger partial charge in [0.25, 0.3) is 0 Å². The fourth-order valence-corrected chi connectivity index (χ4v) is 2.60. The van der Waals surface area contributed by atoms with Crippen molar-refractivity contribution in [1.29, 1.82) is 0 Å². The van der Waals surface area contributed by atoms with Gasteiger partial charge >= 0.3 is 0 Å². The topological polar surface area (TPSA) is 61.3 Å². The van der Waals surface area contributed by atoms with E-state index in [2.05, 4.69) is 21.1 Å². The lowest BCUT2D eigenvalue weighted by molar-refractivity contribution is 0.413. The van der Waals surface area contributed by atoms with Gasteiger partial charge in [-0.25, -0.2) is 0 Å². The van der Waals surface area contributed by atoms with Crippen LogP contribution < -0.4 is 10.5 Å². The van der Waals surface area contributed by atoms with Crippen molar-refractivity contribution in [2.24, 2.45) is 0 Å². The first-order chi connectivity index (χ1) is 10.2. The monoisotopic (exact) mass is 344 g/mol. The van der Waals surface area contributed by atoms with E-state index in [1.807, 2.05) is 48.5 Å². The summed E-state index contributed by atoms with van der Waals surface area (Å²) in [6.07, 6.45) is 0. The van der Waals surface area contributed by atoms with Crippen LogP contribution in [-0.4, -0.2) is 12.3 Å². The second-order valence-corrected chi connectivity index (χ2v) is 5.34. The van der Waals surface area contributed by atoms with E-state index < -0.39 is 0 Å². The lowest BCUT2D eigenvalue weighted by atomic mass is 10.0. The average Bonchev–Trinajstić information content (AvgIpc) is 2.90. The average molecular weight is 345 g/mol. The maximum Gasteiger partial charge on any atom is 0.178 e. The number of methoxy groups -OCH3 is 1. The zero-order chi connectivity index (χ0) is 14.8. The number of hydrogen-bond donors (Lipinski definition) is 1. The minimum Gasteiger partial charge on any atom is -0.497 e. The van der Waals surface area contributed by atoms with Gasteiger partial charge in [0.1, 0.15) is 5.75 Å². The van der Waals surface area contributed by atoms with Crippen LogP contribution >= 0.6 is 15.9 Å². The smallest absolute Gasteiger partial charge is 0.178 e. The zero-order valence-corrected chi connectivity index (χ0v) is 12.9. The summed E-state index contributed by atoms with van der Waals surface area (Å²) < 4.78 is 11.6. The van der Waals surface area contributed by atoms with Crippen molar-refractivity contribution < 1.29 is 9.26 Å². The van der Waals surface area contributed by atoms with Gasteiger partial charge in [-0.2, -0.15) is 0 Å². The van der Waals surface area contributed by atoms with Gasteiger partial charge in [-0.05, 0) is 23.8 Å². The molecule has 3 rings (SSSR count). The van der Waals surface area contributed by atoms with Crippen molar-refractivity contribution in [2.45, 2.75) is 0 Å². The number of ether oxygens (including phenoxy) is 1. The van der Waals surface area contributed by atoms with Gasteiger partial charge in [-0.3, -0.25) is 0 Å². The molecule has 1 aromatic heterocycles. The Morgan fingerprint density at radius 1 is 1.14 bits per heavy atom. The molecule has 0 aliphatic carbocycles. The summed E-state index contributed by atoms with van der Waals surface area (Å²) in [5, 5.41) is 3.91. The fourth-order valence-electron chi connectivity index (χ4n) is 2.18. The molecular weight excluding hydrogens is 332 g/mol. The van der Waals surface area contributed by atoms with Crippen LogP contribution in [0.2, 0.25) is 0 Å². The van der Waals surface area contributed by atoms with E-state index in [1.54, 1.807) is 7.11 Å². The molecule has 0 fully saturated rings. The summed E-state index contributed by atoms with van der Waals surface area (Å²) in [6, 6.07) is 15.5. The third-order valence-electron chi connectivity index (χ3n) is 3.20. The Labute approximate surface area is 130 Å². The van der Waals surface area contributed by atoms with Gasteiger partial charge in [-0.15, -0.1) is 0 Å². The summed E-state index contributed by atoms with van der Waals surface area (Å²) in [4.78, 5) is 0. The van der Waals surface area contributed by atoms with Crippen molar-refractivity contribution >= 4 is 21.7 Å². The molecule has 106 valence electrons. The SMILES string of the molecule is COc1ccc(Br)c(-c2onc(N)c2-c2ccccc2)c1. The summed E-state index contributed by atoms with van der Waals surface area (Å²) in [7, 11) is 1.62. The lowest BCUT2D eigenvalue weighted by Crippen LogP contribution is -1.90. The molecule has 2 N–H and O–H groups in total. The summed E-state index contributed by atoms with van der Waals surface area (Å²) in [5.41, 5.74) is 8.57. The van der Waals surface area contributed by atoms with Crippen molar-refractivity contribution in [1.82, 2.24) is 5.16 Å². The largest absolute Gasteiger partial charge is 0.497 e. The number of benzene rings is 2. The van der Waals surface area contributed by atoms with Crippen LogP contribution in [0.5, 0.6) is 5.75 Å². The molecule has 0 unspecified atom stereocenters. The molecule has 0 radical (unpaired) electrons. The molecule has 2 aromatic carbocycles. The van der Waals surface area contributed by atoms with Crippen LogP contribution in [0.3, 0.4) is 0 Å². The molecule has 0 saturated carbocycles. The molecule has 0 saturated heterocycles. The lowest BCUT2D eigenvalue weighted by Gasteiger charge is -2.07. The highest BCUT2D eigenvalue weighted by Gasteiger charge is 2.19. The predicted octanol–water partition coefficient (Wildman–Crippen LogP) is 4.36. The van der Waals surface area contributed by atoms with E-state index in [4.69, 9.17) is 15.0 Å². The number of nitrogens with zero attached hydrogens (tertiary/aromatic N) is 1. The molecule has 0 aliphatic rings. The van der Waals surface area contributed by atoms with Crippen LogP contribution in [0, 0.1) is 0 Å². The van der Waals surface area contributed by atoms with E-state index >= 15 is 0 Å². The van der Waals surface area contributed by atoms with Crippen LogP contribution in [0.4, 0.5) is 5.82 Å². The zero-order valence-electron chi connectivity index (χ0n) is 11.3. The van der Waals surface area contributed by atoms with Gasteiger partial charge < -0.3 is 15.0 Å². The summed E-state index contributed by atoms with van der Waals surface area (Å²) in [5.74, 6) is 1.72. The molecule has 0 aliphatic heterocycles. The number of aromatic nitrogens is 1. The number of rotatable bonds is 3. The first-order valence-electron chi connectivity index (χ1n) is 6.35. The van der Waals surface area contributed by atoms with Crippen LogP contribution in [-0.2, 0) is 0 Å². The molecule has 0 spiro atoms. The highest BCUT2D eigenvalue weighted by Crippen LogP contribution is 2.40. The van der Waals surface area contributed by atoms with Crippen molar-refractivity contribution in [3.05, 3.63) is 53.0 Å². The summed E-state index contributed by atoms with van der Waals surface area (Å²) in [6.45, 7) is 0. The third-order valence-corrected chi connectivity index (χ3v) is 3.89. The highest BCUT2D eigenvalue weighted by atomic mass is 79.9. The van der Waals surface area contributed by atoms with Crippen molar-refractivity contribution in [3.8, 4) is 28.2 Å². The third kappa shape index (κ3) is 2.52. The van der Waals surface area contributed by atoms with Gasteiger partial charge in [0, 0.05) is 10.0 Å². The predicted molar refractivity (Wildman–Crippen MR) is 86.0 cm³/mol.